The molecule has 0 aliphatic carbocycles. The van der Waals surface area contributed by atoms with Crippen molar-refractivity contribution < 1.29 is 9.90 Å². The van der Waals surface area contributed by atoms with E-state index < -0.39 is 0 Å². The highest BCUT2D eigenvalue weighted by Gasteiger charge is 2.13. The van der Waals surface area contributed by atoms with Gasteiger partial charge in [-0.1, -0.05) is 0 Å². The van der Waals surface area contributed by atoms with Gasteiger partial charge in [-0.15, -0.1) is 0 Å². The Hall–Kier alpha value is -1.58. The Labute approximate surface area is 75.6 Å². The predicted octanol–water partition coefficient (Wildman–Crippen LogP) is 1.06. The Kier molecular flexibility index (Phi) is 1.88. The van der Waals surface area contributed by atoms with Crippen LogP contribution in [0, 0.1) is 0 Å². The summed E-state index contributed by atoms with van der Waals surface area (Å²) in [5, 5.41) is 11.8. The van der Waals surface area contributed by atoms with Crippen LogP contribution in [-0.4, -0.2) is 16.0 Å². The number of aromatic nitrogens is 1. The van der Waals surface area contributed by atoms with Crippen LogP contribution < -0.4 is 5.32 Å². The second-order valence-electron chi connectivity index (χ2n) is 3.10. The van der Waals surface area contributed by atoms with Crippen LogP contribution in [0.3, 0.4) is 0 Å². The zero-order valence-electron chi connectivity index (χ0n) is 7.08. The van der Waals surface area contributed by atoms with E-state index in [9.17, 15) is 4.79 Å². The molecule has 0 atom stereocenters. The van der Waals surface area contributed by atoms with E-state index in [1.807, 2.05) is 0 Å². The number of fused-ring (bicyclic) bond motifs is 1. The number of anilines is 1. The molecule has 2 N–H and O–H groups in total. The largest absolute Gasteiger partial charge is 0.493 e. The number of hydrogen-bond acceptors (Lipinski definition) is 3. The highest BCUT2D eigenvalue weighted by molar-refractivity contribution is 5.92. The normalized spacial score (nSPS) is 15.8. The highest BCUT2D eigenvalue weighted by atomic mass is 16.3. The Bertz CT molecular complexity index is 349. The number of amides is 1. The second kappa shape index (κ2) is 3.05. The molecule has 0 radical (unpaired) electrons. The molecule has 1 aromatic rings. The molecule has 4 nitrogen and oxygen atoms in total. The van der Waals surface area contributed by atoms with Gasteiger partial charge in [0.05, 0.1) is 5.69 Å². The molecule has 0 saturated heterocycles. The Morgan fingerprint density at radius 2 is 2.31 bits per heavy atom. The van der Waals surface area contributed by atoms with Crippen molar-refractivity contribution >= 4 is 11.6 Å². The van der Waals surface area contributed by atoms with E-state index >= 15 is 0 Å². The van der Waals surface area contributed by atoms with Crippen molar-refractivity contribution in [3.05, 3.63) is 17.8 Å². The van der Waals surface area contributed by atoms with E-state index in [1.54, 1.807) is 6.20 Å². The number of nitrogens with one attached hydrogen (secondary N) is 1. The summed E-state index contributed by atoms with van der Waals surface area (Å²) >= 11 is 0. The third kappa shape index (κ3) is 1.61. The molecule has 1 aromatic heterocycles. The minimum Gasteiger partial charge on any atom is -0.493 e. The van der Waals surface area contributed by atoms with E-state index in [0.717, 1.165) is 18.4 Å². The molecule has 1 aliphatic rings. The van der Waals surface area contributed by atoms with E-state index in [4.69, 9.17) is 5.11 Å². The number of hydrogen-bond donors (Lipinski definition) is 2. The summed E-state index contributed by atoms with van der Waals surface area (Å²) in [6.45, 7) is 0. The first kappa shape index (κ1) is 8.04. The lowest BCUT2D eigenvalue weighted by Crippen LogP contribution is -2.09. The first-order valence-corrected chi connectivity index (χ1v) is 4.23. The summed E-state index contributed by atoms with van der Waals surface area (Å²) in [5.41, 5.74) is 1.68. The Morgan fingerprint density at radius 3 is 3.15 bits per heavy atom. The molecule has 68 valence electrons. The van der Waals surface area contributed by atoms with Gasteiger partial charge in [0.15, 0.2) is 0 Å². The molecule has 1 amide bonds. The molecule has 0 unspecified atom stereocenters. The summed E-state index contributed by atoms with van der Waals surface area (Å²) in [4.78, 5) is 14.9. The van der Waals surface area contributed by atoms with Crippen LogP contribution >= 0.6 is 0 Å². The number of carbonyl (C=O) groups excluding carboxylic acids is 1. The lowest BCUT2D eigenvalue weighted by atomic mass is 10.1. The highest BCUT2D eigenvalue weighted by Crippen LogP contribution is 2.23. The minimum atomic E-state index is -0.0547. The van der Waals surface area contributed by atoms with Gasteiger partial charge in [0.2, 0.25) is 11.8 Å². The van der Waals surface area contributed by atoms with Crippen LogP contribution in [0.25, 0.3) is 0 Å². The molecule has 13 heavy (non-hydrogen) atoms. The number of aromatic hydroxyl groups is 1. The van der Waals surface area contributed by atoms with Crippen molar-refractivity contribution in [2.24, 2.45) is 0 Å². The maximum atomic E-state index is 11.1. The van der Waals surface area contributed by atoms with Crippen molar-refractivity contribution in [2.75, 3.05) is 5.32 Å². The van der Waals surface area contributed by atoms with Gasteiger partial charge in [0, 0.05) is 18.7 Å². The Morgan fingerprint density at radius 1 is 1.46 bits per heavy atom. The van der Waals surface area contributed by atoms with E-state index in [-0.39, 0.29) is 11.8 Å². The van der Waals surface area contributed by atoms with E-state index in [0.29, 0.717) is 12.1 Å². The summed E-state index contributed by atoms with van der Waals surface area (Å²) in [6.07, 6.45) is 3.82. The summed E-state index contributed by atoms with van der Waals surface area (Å²) in [6, 6.07) is 1.48. The predicted molar refractivity (Wildman–Crippen MR) is 47.5 cm³/mol. The van der Waals surface area contributed by atoms with Gasteiger partial charge >= 0.3 is 0 Å². The van der Waals surface area contributed by atoms with E-state index in [2.05, 4.69) is 10.3 Å². The topological polar surface area (TPSA) is 62.2 Å². The summed E-state index contributed by atoms with van der Waals surface area (Å²) in [5.74, 6) is -0.0506. The monoisotopic (exact) mass is 178 g/mol. The second-order valence-corrected chi connectivity index (χ2v) is 3.10. The molecule has 0 bridgehead atoms. The van der Waals surface area contributed by atoms with Crippen LogP contribution in [0.4, 0.5) is 5.69 Å². The fourth-order valence-electron chi connectivity index (χ4n) is 1.44. The van der Waals surface area contributed by atoms with Gasteiger partial charge in [-0.05, 0) is 18.4 Å². The zero-order valence-corrected chi connectivity index (χ0v) is 7.08. The number of carbonyl (C=O) groups is 1. The lowest BCUT2D eigenvalue weighted by Gasteiger charge is -2.05. The molecule has 0 saturated carbocycles. The standard InChI is InChI=1S/C9H10N2O2/c12-8-3-1-2-6-5-10-9(13)4-7(6)11-8/h4-5H,1-3H2,(H,10,13)(H,11,12). The van der Waals surface area contributed by atoms with Gasteiger partial charge < -0.3 is 10.4 Å². The first-order valence-electron chi connectivity index (χ1n) is 4.23. The first-order chi connectivity index (χ1) is 6.25. The van der Waals surface area contributed by atoms with Crippen molar-refractivity contribution in [1.82, 2.24) is 4.98 Å². The number of nitrogens with zero attached hydrogens (tertiary/aromatic N) is 1. The molecule has 0 aromatic carbocycles. The SMILES string of the molecule is O=C1CCCc2cnc(O)cc2N1. The van der Waals surface area contributed by atoms with Crippen LogP contribution in [0.5, 0.6) is 5.88 Å². The van der Waals surface area contributed by atoms with Crippen LogP contribution in [0.1, 0.15) is 18.4 Å². The third-order valence-corrected chi connectivity index (χ3v) is 2.10. The molecular weight excluding hydrogens is 168 g/mol. The van der Waals surface area contributed by atoms with E-state index in [1.165, 1.54) is 6.07 Å². The van der Waals surface area contributed by atoms with Crippen molar-refractivity contribution in [1.29, 1.82) is 0 Å². The van der Waals surface area contributed by atoms with Crippen molar-refractivity contribution in [2.45, 2.75) is 19.3 Å². The minimum absolute atomic E-state index is 0.00403. The van der Waals surface area contributed by atoms with Crippen molar-refractivity contribution in [3.8, 4) is 5.88 Å². The smallest absolute Gasteiger partial charge is 0.224 e. The Balaban J connectivity index is 2.40. The lowest BCUT2D eigenvalue weighted by molar-refractivity contribution is -0.116. The molecule has 1 aliphatic heterocycles. The average Bonchev–Trinajstić information content (AvgIpc) is 2.25. The number of aryl methyl sites for hydroxylation is 1. The van der Waals surface area contributed by atoms with Gasteiger partial charge in [-0.2, -0.15) is 0 Å². The van der Waals surface area contributed by atoms with Gasteiger partial charge in [0.1, 0.15) is 0 Å². The summed E-state index contributed by atoms with van der Waals surface area (Å²) in [7, 11) is 0. The molecule has 2 heterocycles. The zero-order chi connectivity index (χ0) is 9.26. The fraction of sp³-hybridized carbons (Fsp3) is 0.333. The van der Waals surface area contributed by atoms with Gasteiger partial charge in [-0.25, -0.2) is 4.98 Å². The maximum Gasteiger partial charge on any atom is 0.224 e. The van der Waals surface area contributed by atoms with Crippen molar-refractivity contribution in [3.63, 3.8) is 0 Å². The van der Waals surface area contributed by atoms with Crippen LogP contribution in [0.15, 0.2) is 12.3 Å². The molecular formula is C9H10N2O2. The number of rotatable bonds is 0. The quantitative estimate of drug-likeness (QED) is 0.624. The van der Waals surface area contributed by atoms with Crippen LogP contribution in [0.2, 0.25) is 0 Å². The van der Waals surface area contributed by atoms with Gasteiger partial charge in [0.25, 0.3) is 0 Å². The van der Waals surface area contributed by atoms with Gasteiger partial charge in [-0.3, -0.25) is 4.79 Å². The molecule has 4 heteroatoms. The fourth-order valence-corrected chi connectivity index (χ4v) is 1.44. The third-order valence-electron chi connectivity index (χ3n) is 2.10. The summed E-state index contributed by atoms with van der Waals surface area (Å²) < 4.78 is 0. The van der Waals surface area contributed by atoms with Crippen LogP contribution in [-0.2, 0) is 11.2 Å². The molecule has 0 fully saturated rings. The molecule has 0 spiro atoms. The average molecular weight is 178 g/mol. The number of pyridine rings is 1. The molecule has 2 rings (SSSR count). The maximum absolute atomic E-state index is 11.1.